The van der Waals surface area contributed by atoms with E-state index in [1.807, 2.05) is 101 Å². The number of rotatable bonds is 4. The third kappa shape index (κ3) is 9.57. The van der Waals surface area contributed by atoms with Crippen LogP contribution < -0.4 is 20.5 Å². The molecule has 0 saturated carbocycles. The Balaban J connectivity index is 0.000000147. The van der Waals surface area contributed by atoms with Gasteiger partial charge in [0.2, 0.25) is 0 Å². The van der Waals surface area contributed by atoms with E-state index in [9.17, 15) is 31.2 Å². The maximum atomic E-state index is 12.3. The summed E-state index contributed by atoms with van der Waals surface area (Å²) in [5, 5.41) is 0. The van der Waals surface area contributed by atoms with Gasteiger partial charge in [0.25, 0.3) is 0 Å². The van der Waals surface area contributed by atoms with Crippen molar-refractivity contribution in [3.63, 3.8) is 0 Å². The van der Waals surface area contributed by atoms with E-state index >= 15 is 0 Å². The Bertz CT molecular complexity index is 2860. The average Bonchev–Trinajstić information content (AvgIpc) is 3.65. The average molecular weight is 922 g/mol. The number of hydrogen-bond donors (Lipinski definition) is 0. The van der Waals surface area contributed by atoms with Gasteiger partial charge in [0.1, 0.15) is 28.2 Å². The van der Waals surface area contributed by atoms with Crippen molar-refractivity contribution in [2.24, 2.45) is 0 Å². The highest BCUT2D eigenvalue weighted by atomic mass is 32.2. The SMILES string of the molecule is CC1(C)OB(B2OC(C)(C)C(C)(C)O2)OC1(C)C.CC1(C)OB(c2ccc3nc4ccc(=O)cc-4oc3c2)OC1(C)C.O=c1ccc2nc3ccc(OS(=O)(=O)C(F)(F)F)cc3oc-2c1. The van der Waals surface area contributed by atoms with Crippen LogP contribution in [0.15, 0.2) is 91.2 Å². The molecular weight excluding hydrogens is 874 g/mol. The van der Waals surface area contributed by atoms with Gasteiger partial charge in [0, 0.05) is 18.2 Å². The van der Waals surface area contributed by atoms with E-state index in [1.165, 1.54) is 30.3 Å². The zero-order valence-corrected chi connectivity index (χ0v) is 38.7. The lowest BCUT2D eigenvalue weighted by molar-refractivity contribution is -0.0500. The quantitative estimate of drug-likeness (QED) is 0.0739. The standard InChI is InChI=1S/C18H18BNO4.C13H6F3NO5S.C12H24B2O4/c1-17(2)18(3,4)24-19(23-17)11-5-7-13-15(9-11)22-16-10-12(21)6-8-14(16)20-13;14-13(15,16)23(19,20)22-8-2-4-10-12(6-8)21-11-5-7(18)1-3-9(11)17-10;1-9(2)10(3,4)16-13(15-9)14-17-11(5,6)12(7,8)18-14/h5-10H,1-4H3;1-6H;1-8H3. The molecule has 2 aliphatic carbocycles. The number of halogens is 3. The van der Waals surface area contributed by atoms with E-state index in [0.717, 1.165) is 29.2 Å². The molecule has 0 atom stereocenters. The van der Waals surface area contributed by atoms with E-state index in [4.69, 9.17) is 36.8 Å². The van der Waals surface area contributed by atoms with Gasteiger partial charge in [-0.05, 0) is 137 Å². The van der Waals surface area contributed by atoms with Crippen molar-refractivity contribution in [2.75, 3.05) is 0 Å². The summed E-state index contributed by atoms with van der Waals surface area (Å²) in [6, 6.07) is 17.3. The molecule has 0 radical (unpaired) electrons. The second-order valence-corrected chi connectivity index (χ2v) is 20.4. The van der Waals surface area contributed by atoms with Crippen LogP contribution in [0, 0.1) is 0 Å². The van der Waals surface area contributed by atoms with E-state index in [2.05, 4.69) is 14.2 Å². The molecule has 7 aliphatic rings. The van der Waals surface area contributed by atoms with Gasteiger partial charge in [-0.3, -0.25) is 9.59 Å². The Morgan fingerprint density at radius 2 is 0.908 bits per heavy atom. The van der Waals surface area contributed by atoms with Crippen molar-refractivity contribution in [1.82, 2.24) is 9.97 Å². The van der Waals surface area contributed by atoms with Gasteiger partial charge in [-0.1, -0.05) is 6.07 Å². The zero-order chi connectivity index (χ0) is 47.9. The summed E-state index contributed by atoms with van der Waals surface area (Å²) in [7, 11) is -7.19. The lowest BCUT2D eigenvalue weighted by Crippen LogP contribution is -2.41. The van der Waals surface area contributed by atoms with Crippen LogP contribution in [0.4, 0.5) is 13.2 Å². The maximum absolute atomic E-state index is 12.3. The molecule has 2 aromatic carbocycles. The Hall–Kier alpha value is -4.83. The van der Waals surface area contributed by atoms with Crippen LogP contribution in [0.5, 0.6) is 5.75 Å². The van der Waals surface area contributed by atoms with Crippen molar-refractivity contribution >= 4 is 58.9 Å². The van der Waals surface area contributed by atoms with Crippen LogP contribution in [0.2, 0.25) is 0 Å². The predicted molar refractivity (Wildman–Crippen MR) is 237 cm³/mol. The summed E-state index contributed by atoms with van der Waals surface area (Å²) < 4.78 is 110. The van der Waals surface area contributed by atoms with Crippen LogP contribution in [-0.4, -0.2) is 78.6 Å². The number of nitrogens with zero attached hydrogens (tertiary/aromatic N) is 2. The van der Waals surface area contributed by atoms with Gasteiger partial charge < -0.3 is 40.9 Å². The third-order valence-corrected chi connectivity index (χ3v) is 13.5. The van der Waals surface area contributed by atoms with E-state index in [0.29, 0.717) is 22.7 Å². The second kappa shape index (κ2) is 16.2. The second-order valence-electron chi connectivity index (χ2n) is 18.9. The summed E-state index contributed by atoms with van der Waals surface area (Å²) in [6.45, 7) is 24.3. The topological polar surface area (TPSA) is 185 Å². The molecule has 3 fully saturated rings. The van der Waals surface area contributed by atoms with E-state index in [1.54, 1.807) is 6.07 Å². The summed E-state index contributed by atoms with van der Waals surface area (Å²) in [5.41, 5.74) is -4.78. The molecule has 0 aromatic heterocycles. The molecule has 15 nitrogen and oxygen atoms in total. The molecule has 0 spiro atoms. The fraction of sp³-hybridized carbons (Fsp3) is 0.442. The fourth-order valence-corrected chi connectivity index (χ4v) is 7.01. The summed E-state index contributed by atoms with van der Waals surface area (Å²) >= 11 is 0. The first-order valence-corrected chi connectivity index (χ1v) is 22.0. The van der Waals surface area contributed by atoms with Gasteiger partial charge in [0.05, 0.1) is 33.6 Å². The Labute approximate surface area is 374 Å². The number of benzene rings is 4. The first-order valence-electron chi connectivity index (χ1n) is 20.6. The molecule has 65 heavy (non-hydrogen) atoms. The molecule has 0 bridgehead atoms. The maximum Gasteiger partial charge on any atom is 0.534 e. The first-order chi connectivity index (χ1) is 29.8. The minimum absolute atomic E-state index is 0.0297. The van der Waals surface area contributed by atoms with Crippen LogP contribution in [-0.2, 0) is 38.0 Å². The van der Waals surface area contributed by atoms with E-state index in [-0.39, 0.29) is 50.1 Å². The minimum atomic E-state index is -5.78. The lowest BCUT2D eigenvalue weighted by atomic mass is 9.49. The highest BCUT2D eigenvalue weighted by molar-refractivity contribution is 7.88. The largest absolute Gasteiger partial charge is 0.534 e. The minimum Gasteiger partial charge on any atom is -0.453 e. The van der Waals surface area contributed by atoms with Crippen LogP contribution in [0.25, 0.3) is 45.1 Å². The highest BCUT2D eigenvalue weighted by Gasteiger charge is 2.64. The molecule has 22 heteroatoms. The zero-order valence-electron chi connectivity index (χ0n) is 37.9. The molecule has 2 aromatic rings. The fourth-order valence-electron chi connectivity index (χ4n) is 6.56. The van der Waals surface area contributed by atoms with Crippen LogP contribution in [0.1, 0.15) is 83.1 Å². The van der Waals surface area contributed by atoms with Crippen molar-refractivity contribution in [3.05, 3.63) is 93.2 Å². The number of aromatic nitrogens is 2. The van der Waals surface area contributed by atoms with Gasteiger partial charge in [-0.25, -0.2) is 9.97 Å². The molecule has 3 saturated heterocycles. The Kier molecular flexibility index (Phi) is 12.0. The summed E-state index contributed by atoms with van der Waals surface area (Å²) in [5.74, 6) is -0.0000926. The molecule has 9 rings (SSSR count). The Morgan fingerprint density at radius 3 is 1.32 bits per heavy atom. The summed E-state index contributed by atoms with van der Waals surface area (Å²) in [4.78, 5) is 31.5. The highest BCUT2D eigenvalue weighted by Crippen LogP contribution is 2.43. The molecule has 344 valence electrons. The van der Waals surface area contributed by atoms with Crippen molar-refractivity contribution in [2.45, 2.75) is 122 Å². The van der Waals surface area contributed by atoms with Crippen molar-refractivity contribution in [3.8, 4) is 28.7 Å². The van der Waals surface area contributed by atoms with Gasteiger partial charge in [-0.15, -0.1) is 0 Å². The van der Waals surface area contributed by atoms with Gasteiger partial charge in [0.15, 0.2) is 33.5 Å². The monoisotopic (exact) mass is 922 g/mol. The smallest absolute Gasteiger partial charge is 0.453 e. The molecular formula is C43H48B3F3N2O13S. The molecule has 0 amide bonds. The van der Waals surface area contributed by atoms with E-state index < -0.39 is 53.7 Å². The number of fused-ring (bicyclic) bond motifs is 4. The first kappa shape index (κ1) is 48.1. The normalized spacial score (nSPS) is 20.4. The third-order valence-electron chi connectivity index (χ3n) is 12.5. The molecule has 5 heterocycles. The van der Waals surface area contributed by atoms with Crippen LogP contribution in [0.3, 0.4) is 0 Å². The number of alkyl halides is 3. The predicted octanol–water partition coefficient (Wildman–Crippen LogP) is 7.36. The Morgan fingerprint density at radius 1 is 0.523 bits per heavy atom. The van der Waals surface area contributed by atoms with Crippen molar-refractivity contribution < 1.29 is 62.5 Å². The molecule has 5 aliphatic heterocycles. The molecule has 0 unspecified atom stereocenters. The summed E-state index contributed by atoms with van der Waals surface area (Å²) in [6.07, 6.45) is 0. The van der Waals surface area contributed by atoms with Crippen molar-refractivity contribution in [1.29, 1.82) is 0 Å². The number of hydrogen-bond acceptors (Lipinski definition) is 15. The lowest BCUT2D eigenvalue weighted by Gasteiger charge is -2.32. The van der Waals surface area contributed by atoms with Gasteiger partial charge >= 0.3 is 36.8 Å². The van der Waals surface area contributed by atoms with Gasteiger partial charge in [-0.2, -0.15) is 21.6 Å². The van der Waals surface area contributed by atoms with Crippen LogP contribution >= 0.6 is 0 Å². The molecule has 0 N–H and O–H groups in total.